The molecular formula is C14H16N2O4S2. The Balaban J connectivity index is 2.05. The van der Waals surface area contributed by atoms with Crippen LogP contribution in [0.25, 0.3) is 0 Å². The molecule has 8 heteroatoms. The average molecular weight is 340 g/mol. The summed E-state index contributed by atoms with van der Waals surface area (Å²) in [4.78, 5) is 18.2. The Morgan fingerprint density at radius 1 is 1.32 bits per heavy atom. The van der Waals surface area contributed by atoms with Crippen LogP contribution in [0.1, 0.15) is 21.1 Å². The van der Waals surface area contributed by atoms with Gasteiger partial charge in [-0.2, -0.15) is 8.42 Å². The molecule has 0 aliphatic carbocycles. The zero-order chi connectivity index (χ0) is 16.3. The standard InChI is InChI=1S/C14H16N2O4S2/c1-10-9-21-13(15-10)8-16(2)14(17)11-4-6-12(7-5-11)20-22(3,18)19/h4-7,9H,8H2,1-3H3. The highest BCUT2D eigenvalue weighted by atomic mass is 32.2. The first-order valence-electron chi connectivity index (χ1n) is 6.40. The van der Waals surface area contributed by atoms with Crippen molar-refractivity contribution >= 4 is 27.4 Å². The maximum Gasteiger partial charge on any atom is 0.306 e. The maximum absolute atomic E-state index is 12.3. The van der Waals surface area contributed by atoms with Crippen LogP contribution in [0.3, 0.4) is 0 Å². The van der Waals surface area contributed by atoms with Gasteiger partial charge in [-0.15, -0.1) is 11.3 Å². The SMILES string of the molecule is Cc1csc(CN(C)C(=O)c2ccc(OS(C)(=O)=O)cc2)n1. The first-order valence-corrected chi connectivity index (χ1v) is 9.10. The van der Waals surface area contributed by atoms with Crippen molar-refractivity contribution in [3.63, 3.8) is 0 Å². The van der Waals surface area contributed by atoms with E-state index >= 15 is 0 Å². The van der Waals surface area contributed by atoms with Crippen molar-refractivity contribution in [1.82, 2.24) is 9.88 Å². The zero-order valence-corrected chi connectivity index (χ0v) is 14.1. The number of thiazole rings is 1. The second kappa shape index (κ2) is 6.45. The molecule has 1 heterocycles. The van der Waals surface area contributed by atoms with Gasteiger partial charge in [-0.05, 0) is 31.2 Å². The molecule has 118 valence electrons. The molecule has 0 aliphatic heterocycles. The molecule has 0 atom stereocenters. The van der Waals surface area contributed by atoms with Crippen molar-refractivity contribution in [3.8, 4) is 5.75 Å². The van der Waals surface area contributed by atoms with Gasteiger partial charge in [-0.1, -0.05) is 0 Å². The van der Waals surface area contributed by atoms with Crippen LogP contribution in [-0.2, 0) is 16.7 Å². The van der Waals surface area contributed by atoms with E-state index in [0.29, 0.717) is 12.1 Å². The lowest BCUT2D eigenvalue weighted by Gasteiger charge is -2.15. The van der Waals surface area contributed by atoms with Gasteiger partial charge in [0.25, 0.3) is 5.91 Å². The third-order valence-electron chi connectivity index (χ3n) is 2.73. The average Bonchev–Trinajstić information content (AvgIpc) is 2.82. The number of rotatable bonds is 5. The van der Waals surface area contributed by atoms with Crippen LogP contribution < -0.4 is 4.18 Å². The molecule has 0 radical (unpaired) electrons. The predicted molar refractivity (Wildman–Crippen MR) is 84.6 cm³/mol. The van der Waals surface area contributed by atoms with Crippen LogP contribution in [0.4, 0.5) is 0 Å². The predicted octanol–water partition coefficient (Wildman–Crippen LogP) is 2.06. The molecule has 0 fully saturated rings. The largest absolute Gasteiger partial charge is 0.383 e. The fourth-order valence-electron chi connectivity index (χ4n) is 1.80. The summed E-state index contributed by atoms with van der Waals surface area (Å²) in [7, 11) is -1.87. The van der Waals surface area contributed by atoms with E-state index in [1.54, 1.807) is 11.9 Å². The molecule has 0 saturated carbocycles. The fraction of sp³-hybridized carbons (Fsp3) is 0.286. The highest BCUT2D eigenvalue weighted by Crippen LogP contribution is 2.16. The highest BCUT2D eigenvalue weighted by molar-refractivity contribution is 7.86. The number of amides is 1. The van der Waals surface area contributed by atoms with Crippen LogP contribution in [0.15, 0.2) is 29.6 Å². The first-order chi connectivity index (χ1) is 10.2. The number of hydrogen-bond donors (Lipinski definition) is 0. The van der Waals surface area contributed by atoms with Gasteiger partial charge in [-0.3, -0.25) is 4.79 Å². The summed E-state index contributed by atoms with van der Waals surface area (Å²) in [6, 6.07) is 5.98. The molecule has 1 amide bonds. The van der Waals surface area contributed by atoms with Gasteiger partial charge in [0.1, 0.15) is 10.8 Å². The van der Waals surface area contributed by atoms with Crippen LogP contribution in [-0.4, -0.2) is 37.5 Å². The lowest BCUT2D eigenvalue weighted by atomic mass is 10.2. The molecule has 0 saturated heterocycles. The lowest BCUT2D eigenvalue weighted by molar-refractivity contribution is 0.0785. The van der Waals surface area contributed by atoms with E-state index in [9.17, 15) is 13.2 Å². The first kappa shape index (κ1) is 16.4. The molecule has 0 spiro atoms. The Hall–Kier alpha value is -1.93. The second-order valence-corrected chi connectivity index (χ2v) is 7.37. The molecular weight excluding hydrogens is 324 g/mol. The van der Waals surface area contributed by atoms with Crippen molar-refractivity contribution in [2.45, 2.75) is 13.5 Å². The minimum absolute atomic E-state index is 0.168. The summed E-state index contributed by atoms with van der Waals surface area (Å²) < 4.78 is 26.8. The van der Waals surface area contributed by atoms with Crippen molar-refractivity contribution in [1.29, 1.82) is 0 Å². The molecule has 2 rings (SSSR count). The van der Waals surface area contributed by atoms with Crippen LogP contribution in [0.5, 0.6) is 5.75 Å². The normalized spacial score (nSPS) is 11.2. The Morgan fingerprint density at radius 3 is 2.45 bits per heavy atom. The van der Waals surface area contributed by atoms with E-state index in [4.69, 9.17) is 4.18 Å². The van der Waals surface area contributed by atoms with Gasteiger partial charge in [0.15, 0.2) is 0 Å². The summed E-state index contributed by atoms with van der Waals surface area (Å²) >= 11 is 1.51. The maximum atomic E-state index is 12.3. The quantitative estimate of drug-likeness (QED) is 0.779. The number of carbonyl (C=O) groups is 1. The summed E-state index contributed by atoms with van der Waals surface area (Å²) in [5.74, 6) is 0.0102. The number of benzene rings is 1. The fourth-order valence-corrected chi connectivity index (χ4v) is 3.08. The van der Waals surface area contributed by atoms with Crippen LogP contribution in [0, 0.1) is 6.92 Å². The Kier molecular flexibility index (Phi) is 4.82. The van der Waals surface area contributed by atoms with E-state index in [2.05, 4.69) is 4.98 Å². The smallest absolute Gasteiger partial charge is 0.306 e. The van der Waals surface area contributed by atoms with Crippen molar-refractivity contribution in [2.75, 3.05) is 13.3 Å². The van der Waals surface area contributed by atoms with E-state index in [0.717, 1.165) is 17.0 Å². The van der Waals surface area contributed by atoms with Gasteiger partial charge in [0.05, 0.1) is 12.8 Å². The summed E-state index contributed by atoms with van der Waals surface area (Å²) in [5.41, 5.74) is 1.39. The van der Waals surface area contributed by atoms with E-state index in [1.165, 1.54) is 35.6 Å². The third-order valence-corrected chi connectivity index (χ3v) is 4.18. The van der Waals surface area contributed by atoms with Gasteiger partial charge in [0, 0.05) is 23.7 Å². The molecule has 1 aromatic carbocycles. The zero-order valence-electron chi connectivity index (χ0n) is 12.4. The number of aryl methyl sites for hydroxylation is 1. The van der Waals surface area contributed by atoms with Crippen molar-refractivity contribution in [3.05, 3.63) is 45.9 Å². The summed E-state index contributed by atoms with van der Waals surface area (Å²) in [5, 5.41) is 2.80. The minimum Gasteiger partial charge on any atom is -0.383 e. The van der Waals surface area contributed by atoms with Crippen molar-refractivity contribution in [2.24, 2.45) is 0 Å². The highest BCUT2D eigenvalue weighted by Gasteiger charge is 2.14. The third kappa shape index (κ3) is 4.54. The molecule has 2 aromatic rings. The lowest BCUT2D eigenvalue weighted by Crippen LogP contribution is -2.26. The second-order valence-electron chi connectivity index (χ2n) is 4.86. The Morgan fingerprint density at radius 2 is 1.95 bits per heavy atom. The molecule has 0 unspecified atom stereocenters. The monoisotopic (exact) mass is 340 g/mol. The molecule has 1 aromatic heterocycles. The van der Waals surface area contributed by atoms with E-state index < -0.39 is 10.1 Å². The summed E-state index contributed by atoms with van der Waals surface area (Å²) in [6.07, 6.45) is 0.968. The number of aromatic nitrogens is 1. The van der Waals surface area contributed by atoms with Crippen LogP contribution >= 0.6 is 11.3 Å². The van der Waals surface area contributed by atoms with E-state index in [-0.39, 0.29) is 11.7 Å². The van der Waals surface area contributed by atoms with Crippen LogP contribution in [0.2, 0.25) is 0 Å². The molecule has 22 heavy (non-hydrogen) atoms. The number of nitrogens with zero attached hydrogens (tertiary/aromatic N) is 2. The molecule has 0 N–H and O–H groups in total. The number of carbonyl (C=O) groups excluding carboxylic acids is 1. The van der Waals surface area contributed by atoms with Gasteiger partial charge >= 0.3 is 10.1 Å². The van der Waals surface area contributed by atoms with Gasteiger partial charge in [-0.25, -0.2) is 4.98 Å². The Bertz CT molecular complexity index is 766. The molecule has 0 aliphatic rings. The summed E-state index contributed by atoms with van der Waals surface area (Å²) in [6.45, 7) is 2.33. The Labute approximate surface area is 133 Å². The number of hydrogen-bond acceptors (Lipinski definition) is 6. The van der Waals surface area contributed by atoms with E-state index in [1.807, 2.05) is 12.3 Å². The van der Waals surface area contributed by atoms with Gasteiger partial charge in [0.2, 0.25) is 0 Å². The van der Waals surface area contributed by atoms with Gasteiger partial charge < -0.3 is 9.08 Å². The topological polar surface area (TPSA) is 76.6 Å². The van der Waals surface area contributed by atoms with Crippen molar-refractivity contribution < 1.29 is 17.4 Å². The molecule has 6 nitrogen and oxygen atoms in total. The minimum atomic E-state index is -3.57. The molecule has 0 bridgehead atoms.